The lowest BCUT2D eigenvalue weighted by Gasteiger charge is -2.09. The minimum absolute atomic E-state index is 0. The average molecular weight is 280 g/mol. The predicted molar refractivity (Wildman–Crippen MR) is 66.2 cm³/mol. The first-order valence-electron chi connectivity index (χ1n) is 4.27. The monoisotopic (exact) mass is 278 g/mol. The van der Waals surface area contributed by atoms with Gasteiger partial charge in [0.1, 0.15) is 5.76 Å². The molecule has 1 atom stereocenters. The van der Waals surface area contributed by atoms with E-state index in [9.17, 15) is 0 Å². The van der Waals surface area contributed by atoms with Crippen LogP contribution >= 0.6 is 35.6 Å². The largest absolute Gasteiger partial charge is 0.446 e. The van der Waals surface area contributed by atoms with E-state index in [0.29, 0.717) is 15.8 Å². The lowest BCUT2D eigenvalue weighted by atomic mass is 10.1. The molecule has 0 bridgehead atoms. The maximum Gasteiger partial charge on any atom is 0.180 e. The van der Waals surface area contributed by atoms with Gasteiger partial charge in [-0.1, -0.05) is 29.3 Å². The van der Waals surface area contributed by atoms with E-state index in [2.05, 4.69) is 4.98 Å². The van der Waals surface area contributed by atoms with E-state index < -0.39 is 0 Å². The zero-order chi connectivity index (χ0) is 10.8. The Morgan fingerprint density at radius 1 is 1.25 bits per heavy atom. The fraction of sp³-hybridized carbons (Fsp3) is 0.100. The first kappa shape index (κ1) is 13.3. The minimum Gasteiger partial charge on any atom is -0.446 e. The maximum atomic E-state index is 5.94. The van der Waals surface area contributed by atoms with Crippen molar-refractivity contribution in [1.29, 1.82) is 0 Å². The van der Waals surface area contributed by atoms with Gasteiger partial charge >= 0.3 is 0 Å². The molecule has 1 heterocycles. The molecule has 0 aliphatic heterocycles. The van der Waals surface area contributed by atoms with E-state index >= 15 is 0 Å². The van der Waals surface area contributed by atoms with Crippen LogP contribution in [-0.4, -0.2) is 4.98 Å². The standard InChI is InChI=1S/C10H8Cl2N2O.ClH/c11-7-2-1-6(3-8(7)12)10(13)9-4-14-5-15-9;/h1-5,10H,13H2;1H. The van der Waals surface area contributed by atoms with Crippen LogP contribution in [-0.2, 0) is 0 Å². The molecule has 16 heavy (non-hydrogen) atoms. The summed E-state index contributed by atoms with van der Waals surface area (Å²) in [4.78, 5) is 3.80. The zero-order valence-electron chi connectivity index (χ0n) is 8.06. The van der Waals surface area contributed by atoms with Crippen molar-refractivity contribution in [2.75, 3.05) is 0 Å². The van der Waals surface area contributed by atoms with Crippen molar-refractivity contribution >= 4 is 35.6 Å². The molecule has 1 aromatic carbocycles. The second-order valence-corrected chi connectivity index (χ2v) is 3.87. The van der Waals surface area contributed by atoms with Crippen LogP contribution in [0.5, 0.6) is 0 Å². The number of nitrogens with two attached hydrogens (primary N) is 1. The fourth-order valence-corrected chi connectivity index (χ4v) is 1.56. The number of aromatic nitrogens is 1. The van der Waals surface area contributed by atoms with Crippen LogP contribution in [0.1, 0.15) is 17.4 Å². The summed E-state index contributed by atoms with van der Waals surface area (Å²) in [6.45, 7) is 0. The minimum atomic E-state index is -0.373. The van der Waals surface area contributed by atoms with Gasteiger partial charge in [0, 0.05) is 0 Å². The lowest BCUT2D eigenvalue weighted by Crippen LogP contribution is -2.10. The van der Waals surface area contributed by atoms with E-state index in [1.54, 1.807) is 24.4 Å². The zero-order valence-corrected chi connectivity index (χ0v) is 10.4. The number of nitrogens with zero attached hydrogens (tertiary/aromatic N) is 1. The third-order valence-electron chi connectivity index (χ3n) is 2.06. The first-order valence-corrected chi connectivity index (χ1v) is 5.03. The molecule has 0 amide bonds. The summed E-state index contributed by atoms with van der Waals surface area (Å²) >= 11 is 11.7. The molecular weight excluding hydrogens is 270 g/mol. The summed E-state index contributed by atoms with van der Waals surface area (Å²) in [7, 11) is 0. The number of hydrogen-bond donors (Lipinski definition) is 1. The van der Waals surface area contributed by atoms with Crippen molar-refractivity contribution < 1.29 is 4.42 Å². The number of rotatable bonds is 2. The van der Waals surface area contributed by atoms with Crippen LogP contribution in [0.2, 0.25) is 10.0 Å². The molecule has 2 aromatic rings. The second-order valence-electron chi connectivity index (χ2n) is 3.06. The highest BCUT2D eigenvalue weighted by Crippen LogP contribution is 2.27. The van der Waals surface area contributed by atoms with Gasteiger partial charge in [0.15, 0.2) is 6.39 Å². The van der Waals surface area contributed by atoms with Crippen molar-refractivity contribution in [2.45, 2.75) is 6.04 Å². The highest BCUT2D eigenvalue weighted by Gasteiger charge is 2.13. The molecule has 0 aliphatic rings. The van der Waals surface area contributed by atoms with Gasteiger partial charge in [0.2, 0.25) is 0 Å². The predicted octanol–water partition coefficient (Wildman–Crippen LogP) is 3.45. The van der Waals surface area contributed by atoms with Gasteiger partial charge in [-0.2, -0.15) is 0 Å². The van der Waals surface area contributed by atoms with Crippen molar-refractivity contribution in [1.82, 2.24) is 4.98 Å². The van der Waals surface area contributed by atoms with E-state index in [-0.39, 0.29) is 18.4 Å². The van der Waals surface area contributed by atoms with Crippen LogP contribution in [0, 0.1) is 0 Å². The summed E-state index contributed by atoms with van der Waals surface area (Å²) < 4.78 is 5.11. The number of hydrogen-bond acceptors (Lipinski definition) is 3. The molecule has 1 unspecified atom stereocenters. The van der Waals surface area contributed by atoms with Crippen molar-refractivity contribution in [2.24, 2.45) is 5.73 Å². The number of halogens is 3. The normalized spacial score (nSPS) is 11.9. The molecule has 0 radical (unpaired) electrons. The van der Waals surface area contributed by atoms with Crippen molar-refractivity contribution in [3.63, 3.8) is 0 Å². The molecular formula is C10H9Cl3N2O. The summed E-state index contributed by atoms with van der Waals surface area (Å²) in [5, 5.41) is 0.981. The van der Waals surface area contributed by atoms with Gasteiger partial charge in [-0.05, 0) is 17.7 Å². The maximum absolute atomic E-state index is 5.94. The van der Waals surface area contributed by atoms with E-state index in [0.717, 1.165) is 5.56 Å². The molecule has 6 heteroatoms. The highest BCUT2D eigenvalue weighted by molar-refractivity contribution is 6.42. The fourth-order valence-electron chi connectivity index (χ4n) is 1.25. The Kier molecular flexibility index (Phi) is 4.62. The molecule has 0 fully saturated rings. The van der Waals surface area contributed by atoms with Crippen molar-refractivity contribution in [3.8, 4) is 0 Å². The molecule has 0 saturated carbocycles. The molecule has 0 saturated heterocycles. The highest BCUT2D eigenvalue weighted by atomic mass is 35.5. The Morgan fingerprint density at radius 3 is 2.56 bits per heavy atom. The van der Waals surface area contributed by atoms with Crippen molar-refractivity contribution in [3.05, 3.63) is 52.2 Å². The molecule has 2 N–H and O–H groups in total. The molecule has 86 valence electrons. The SMILES string of the molecule is Cl.NC(c1ccc(Cl)c(Cl)c1)c1cnco1. The summed E-state index contributed by atoms with van der Waals surface area (Å²) in [6, 6.07) is 4.86. The summed E-state index contributed by atoms with van der Waals surface area (Å²) in [6.07, 6.45) is 2.92. The Hall–Kier alpha value is -0.740. The lowest BCUT2D eigenvalue weighted by molar-refractivity contribution is 0.485. The van der Waals surface area contributed by atoms with Crippen LogP contribution in [0.15, 0.2) is 35.2 Å². The second kappa shape index (κ2) is 5.55. The topological polar surface area (TPSA) is 52.0 Å². The molecule has 0 aliphatic carbocycles. The van der Waals surface area contributed by atoms with Gasteiger partial charge < -0.3 is 10.2 Å². The number of oxazole rings is 1. The third kappa shape index (κ3) is 2.68. The Balaban J connectivity index is 0.00000128. The quantitative estimate of drug-likeness (QED) is 0.916. The van der Waals surface area contributed by atoms with Crippen LogP contribution in [0.3, 0.4) is 0 Å². The molecule has 2 rings (SSSR count). The number of benzene rings is 1. The molecule has 1 aromatic heterocycles. The average Bonchev–Trinajstić information content (AvgIpc) is 2.74. The van der Waals surface area contributed by atoms with Gasteiger partial charge in [-0.15, -0.1) is 12.4 Å². The Labute approximate surface area is 109 Å². The smallest absolute Gasteiger partial charge is 0.180 e. The molecule has 0 spiro atoms. The molecule has 3 nitrogen and oxygen atoms in total. The summed E-state index contributed by atoms with van der Waals surface area (Å²) in [5.74, 6) is 0.591. The summed E-state index contributed by atoms with van der Waals surface area (Å²) in [5.41, 5.74) is 6.78. The van der Waals surface area contributed by atoms with Gasteiger partial charge in [-0.3, -0.25) is 0 Å². The van der Waals surface area contributed by atoms with E-state index in [1.165, 1.54) is 6.39 Å². The third-order valence-corrected chi connectivity index (χ3v) is 2.80. The Bertz CT molecular complexity index is 459. The van der Waals surface area contributed by atoms with Gasteiger partial charge in [0.05, 0.1) is 22.3 Å². The van der Waals surface area contributed by atoms with Gasteiger partial charge in [-0.25, -0.2) is 4.98 Å². The van der Waals surface area contributed by atoms with Gasteiger partial charge in [0.25, 0.3) is 0 Å². The van der Waals surface area contributed by atoms with Crippen LogP contribution in [0.25, 0.3) is 0 Å². The van der Waals surface area contributed by atoms with E-state index in [1.807, 2.05) is 0 Å². The Morgan fingerprint density at radius 2 is 2.00 bits per heavy atom. The van der Waals surface area contributed by atoms with E-state index in [4.69, 9.17) is 33.4 Å². The first-order chi connectivity index (χ1) is 7.18. The van der Waals surface area contributed by atoms with Crippen LogP contribution in [0.4, 0.5) is 0 Å². The van der Waals surface area contributed by atoms with Crippen LogP contribution < -0.4 is 5.73 Å².